The Labute approximate surface area is 151 Å². The predicted octanol–water partition coefficient (Wildman–Crippen LogP) is 2.01. The second kappa shape index (κ2) is 8.66. The van der Waals surface area contributed by atoms with Crippen LogP contribution in [0.25, 0.3) is 0 Å². The topological polar surface area (TPSA) is 114 Å². The number of benzene rings is 2. The van der Waals surface area contributed by atoms with Gasteiger partial charge >= 0.3 is 5.97 Å². The normalized spacial score (nSPS) is 10.1. The summed E-state index contributed by atoms with van der Waals surface area (Å²) in [5.41, 5.74) is 8.31. The highest BCUT2D eigenvalue weighted by Gasteiger charge is 2.09. The first kappa shape index (κ1) is 19.0. The maximum Gasteiger partial charge on any atom is 0.343 e. The maximum absolute atomic E-state index is 12.3. The first-order valence-electron chi connectivity index (χ1n) is 7.92. The van der Waals surface area contributed by atoms with Crippen LogP contribution in [0.2, 0.25) is 0 Å². The van der Waals surface area contributed by atoms with Gasteiger partial charge in [-0.15, -0.1) is 0 Å². The van der Waals surface area contributed by atoms with Gasteiger partial charge in [0.25, 0.3) is 0 Å². The summed E-state index contributed by atoms with van der Waals surface area (Å²) >= 11 is 0. The van der Waals surface area contributed by atoms with Crippen molar-refractivity contribution >= 4 is 23.4 Å². The Morgan fingerprint density at radius 2 is 1.85 bits per heavy atom. The number of methoxy groups -OCH3 is 1. The van der Waals surface area contributed by atoms with E-state index in [-0.39, 0.29) is 24.8 Å². The van der Waals surface area contributed by atoms with Crippen molar-refractivity contribution in [3.05, 3.63) is 59.2 Å². The minimum atomic E-state index is -0.481. The quantitative estimate of drug-likeness (QED) is 0.399. The van der Waals surface area contributed by atoms with Gasteiger partial charge in [0.05, 0.1) is 13.5 Å². The summed E-state index contributed by atoms with van der Waals surface area (Å²) in [6.07, 6.45) is 0.185. The molecular formula is C19H21N3O4. The zero-order chi connectivity index (χ0) is 19.1. The van der Waals surface area contributed by atoms with Crippen molar-refractivity contribution < 1.29 is 19.1 Å². The molecule has 0 aliphatic rings. The lowest BCUT2D eigenvalue weighted by molar-refractivity contribution is -0.142. The molecule has 0 heterocycles. The van der Waals surface area contributed by atoms with E-state index in [2.05, 4.69) is 10.1 Å². The maximum atomic E-state index is 12.3. The van der Waals surface area contributed by atoms with Gasteiger partial charge in [-0.05, 0) is 24.1 Å². The summed E-state index contributed by atoms with van der Waals surface area (Å²) < 4.78 is 9.86. The number of amidine groups is 1. The Morgan fingerprint density at radius 1 is 1.15 bits per heavy atom. The van der Waals surface area contributed by atoms with Crippen LogP contribution in [-0.4, -0.2) is 31.4 Å². The van der Waals surface area contributed by atoms with Crippen LogP contribution in [-0.2, 0) is 20.7 Å². The Morgan fingerprint density at radius 3 is 2.46 bits per heavy atom. The number of esters is 1. The average molecular weight is 355 g/mol. The van der Waals surface area contributed by atoms with Crippen LogP contribution in [0.5, 0.6) is 5.75 Å². The molecule has 7 nitrogen and oxygen atoms in total. The number of nitrogens with two attached hydrogens (primary N) is 1. The second-order valence-electron chi connectivity index (χ2n) is 5.68. The molecule has 0 spiro atoms. The predicted molar refractivity (Wildman–Crippen MR) is 98.5 cm³/mol. The van der Waals surface area contributed by atoms with Crippen LogP contribution in [0.4, 0.5) is 5.69 Å². The molecule has 0 fully saturated rings. The van der Waals surface area contributed by atoms with E-state index in [4.69, 9.17) is 15.9 Å². The molecule has 0 radical (unpaired) electrons. The van der Waals surface area contributed by atoms with Crippen molar-refractivity contribution in [2.45, 2.75) is 13.3 Å². The molecule has 0 bridgehead atoms. The smallest absolute Gasteiger partial charge is 0.343 e. The first-order valence-corrected chi connectivity index (χ1v) is 7.92. The van der Waals surface area contributed by atoms with E-state index in [1.807, 2.05) is 6.92 Å². The molecule has 1 amide bonds. The Bertz CT molecular complexity index is 816. The summed E-state index contributed by atoms with van der Waals surface area (Å²) in [6.45, 7) is 1.66. The van der Waals surface area contributed by atoms with E-state index in [0.29, 0.717) is 17.0 Å². The van der Waals surface area contributed by atoms with Gasteiger partial charge in [-0.25, -0.2) is 4.79 Å². The minimum absolute atomic E-state index is 0.0135. The standard InChI is InChI=1S/C19H21N3O4/c1-12-3-8-15(26-11-18(24)25-2)10-16(12)22-17(23)9-13-4-6-14(7-5-13)19(20)21/h3-8,10H,9,11H2,1-2H3,(H3,20,21)(H,22,23). The number of hydrogen-bond donors (Lipinski definition) is 3. The number of carbonyl (C=O) groups excluding carboxylic acids is 2. The highest BCUT2D eigenvalue weighted by Crippen LogP contribution is 2.22. The van der Waals surface area contributed by atoms with E-state index in [1.54, 1.807) is 42.5 Å². The van der Waals surface area contributed by atoms with Crippen molar-refractivity contribution in [3.63, 3.8) is 0 Å². The molecule has 0 aliphatic heterocycles. The third kappa shape index (κ3) is 5.34. The van der Waals surface area contributed by atoms with Gasteiger partial charge in [0.2, 0.25) is 5.91 Å². The second-order valence-corrected chi connectivity index (χ2v) is 5.68. The van der Waals surface area contributed by atoms with E-state index in [0.717, 1.165) is 11.1 Å². The van der Waals surface area contributed by atoms with Crippen molar-refractivity contribution in [1.29, 1.82) is 5.41 Å². The molecule has 136 valence electrons. The lowest BCUT2D eigenvalue weighted by Gasteiger charge is -2.11. The van der Waals surface area contributed by atoms with Crippen molar-refractivity contribution in [2.75, 3.05) is 19.0 Å². The number of hydrogen-bond acceptors (Lipinski definition) is 5. The van der Waals surface area contributed by atoms with Gasteiger partial charge in [0.1, 0.15) is 11.6 Å². The molecule has 2 aromatic carbocycles. The number of amides is 1. The largest absolute Gasteiger partial charge is 0.482 e. The minimum Gasteiger partial charge on any atom is -0.482 e. The number of carbonyl (C=O) groups is 2. The van der Waals surface area contributed by atoms with Crippen molar-refractivity contribution in [3.8, 4) is 5.75 Å². The SMILES string of the molecule is COC(=O)COc1ccc(C)c(NC(=O)Cc2ccc(C(=N)N)cc2)c1. The molecule has 0 atom stereocenters. The van der Waals surface area contributed by atoms with Crippen LogP contribution in [0.3, 0.4) is 0 Å². The van der Waals surface area contributed by atoms with Crippen LogP contribution in [0.1, 0.15) is 16.7 Å². The van der Waals surface area contributed by atoms with E-state index in [1.165, 1.54) is 7.11 Å². The molecule has 0 saturated heterocycles. The van der Waals surface area contributed by atoms with Crippen LogP contribution < -0.4 is 15.8 Å². The molecule has 7 heteroatoms. The summed E-state index contributed by atoms with van der Waals surface area (Å²) in [5.74, 6) is -0.221. The number of nitrogens with one attached hydrogen (secondary N) is 2. The first-order chi connectivity index (χ1) is 12.4. The van der Waals surface area contributed by atoms with Gasteiger partial charge in [-0.3, -0.25) is 10.2 Å². The zero-order valence-electron chi connectivity index (χ0n) is 14.7. The molecular weight excluding hydrogens is 334 g/mol. The summed E-state index contributed by atoms with van der Waals surface area (Å²) in [7, 11) is 1.29. The van der Waals surface area contributed by atoms with Gasteiger partial charge in [0.15, 0.2) is 6.61 Å². The van der Waals surface area contributed by atoms with Gasteiger partial charge < -0.3 is 20.5 Å². The van der Waals surface area contributed by atoms with E-state index in [9.17, 15) is 9.59 Å². The fourth-order valence-electron chi connectivity index (χ4n) is 2.21. The van der Waals surface area contributed by atoms with Gasteiger partial charge in [-0.2, -0.15) is 0 Å². The Kier molecular flexibility index (Phi) is 6.32. The fraction of sp³-hybridized carbons (Fsp3) is 0.211. The number of anilines is 1. The van der Waals surface area contributed by atoms with Crippen molar-refractivity contribution in [2.24, 2.45) is 5.73 Å². The molecule has 0 aliphatic carbocycles. The lowest BCUT2D eigenvalue weighted by Crippen LogP contribution is -2.16. The highest BCUT2D eigenvalue weighted by atomic mass is 16.6. The van der Waals surface area contributed by atoms with E-state index < -0.39 is 5.97 Å². The molecule has 0 unspecified atom stereocenters. The summed E-state index contributed by atoms with van der Waals surface area (Å²) in [4.78, 5) is 23.4. The third-order valence-corrected chi connectivity index (χ3v) is 3.70. The lowest BCUT2D eigenvalue weighted by atomic mass is 10.1. The zero-order valence-corrected chi connectivity index (χ0v) is 14.7. The Balaban J connectivity index is 2.01. The van der Waals surface area contributed by atoms with Crippen LogP contribution >= 0.6 is 0 Å². The molecule has 26 heavy (non-hydrogen) atoms. The van der Waals surface area contributed by atoms with E-state index >= 15 is 0 Å². The number of rotatable bonds is 7. The summed E-state index contributed by atoms with van der Waals surface area (Å²) in [5, 5.41) is 10.2. The number of ether oxygens (including phenoxy) is 2. The number of aryl methyl sites for hydroxylation is 1. The Hall–Kier alpha value is -3.35. The average Bonchev–Trinajstić information content (AvgIpc) is 2.62. The third-order valence-electron chi connectivity index (χ3n) is 3.70. The van der Waals surface area contributed by atoms with Crippen LogP contribution in [0.15, 0.2) is 42.5 Å². The number of nitrogen functional groups attached to an aromatic ring is 1. The molecule has 0 saturated carbocycles. The highest BCUT2D eigenvalue weighted by molar-refractivity contribution is 5.95. The summed E-state index contributed by atoms with van der Waals surface area (Å²) in [6, 6.07) is 12.1. The molecule has 2 aromatic rings. The van der Waals surface area contributed by atoms with Gasteiger partial charge in [-0.1, -0.05) is 30.3 Å². The van der Waals surface area contributed by atoms with Crippen LogP contribution in [0, 0.1) is 12.3 Å². The molecule has 0 aromatic heterocycles. The fourth-order valence-corrected chi connectivity index (χ4v) is 2.21. The van der Waals surface area contributed by atoms with Crippen molar-refractivity contribution in [1.82, 2.24) is 0 Å². The molecule has 2 rings (SSSR count). The monoisotopic (exact) mass is 355 g/mol. The molecule has 4 N–H and O–H groups in total. The van der Waals surface area contributed by atoms with Gasteiger partial charge in [0, 0.05) is 17.3 Å².